The molecule has 2 N–H and O–H groups in total. The third-order valence-corrected chi connectivity index (χ3v) is 4.16. The minimum absolute atomic E-state index is 0.0145. The Labute approximate surface area is 114 Å². The first-order chi connectivity index (χ1) is 9.11. The van der Waals surface area contributed by atoms with Crippen molar-refractivity contribution >= 4 is 16.0 Å². The van der Waals surface area contributed by atoms with Gasteiger partial charge in [-0.05, 0) is 6.42 Å². The van der Waals surface area contributed by atoms with Crippen LogP contribution in [-0.2, 0) is 28.9 Å². The molecule has 1 atom stereocenters. The van der Waals surface area contributed by atoms with E-state index in [4.69, 9.17) is 5.11 Å². The maximum Gasteiger partial charge on any atom is 0.330 e. The van der Waals surface area contributed by atoms with E-state index in [1.165, 1.54) is 14.0 Å². The lowest BCUT2D eigenvalue weighted by Crippen LogP contribution is -2.45. The number of carboxylic acids is 1. The number of sulfonamides is 1. The fourth-order valence-electron chi connectivity index (χ4n) is 1.52. The van der Waals surface area contributed by atoms with Crippen molar-refractivity contribution < 1.29 is 18.3 Å². The molecule has 0 saturated heterocycles. The topological polar surface area (TPSA) is 127 Å². The lowest BCUT2D eigenvalue weighted by Gasteiger charge is -2.13. The zero-order chi connectivity index (χ0) is 15.7. The number of hydrogen-bond donors (Lipinski definition) is 2. The molecule has 9 nitrogen and oxygen atoms in total. The number of nitrogens with zero attached hydrogens (tertiary/aromatic N) is 2. The lowest BCUT2D eigenvalue weighted by molar-refractivity contribution is -0.139. The number of aliphatic carboxylic acids is 1. The number of carboxylic acid groups (broad SMARTS) is 1. The Morgan fingerprint density at radius 1 is 1.40 bits per heavy atom. The van der Waals surface area contributed by atoms with Crippen molar-refractivity contribution in [3.8, 4) is 0 Å². The fourth-order valence-corrected chi connectivity index (χ4v) is 2.95. The highest BCUT2D eigenvalue weighted by Crippen LogP contribution is 2.03. The first-order valence-electron chi connectivity index (χ1n) is 5.63. The van der Waals surface area contributed by atoms with Crippen molar-refractivity contribution in [2.75, 3.05) is 0 Å². The second kappa shape index (κ2) is 5.59. The summed E-state index contributed by atoms with van der Waals surface area (Å²) in [6.45, 7) is 1.49. The number of carbonyl (C=O) groups is 1. The van der Waals surface area contributed by atoms with Crippen molar-refractivity contribution in [1.29, 1.82) is 0 Å². The molecular formula is C10H15N3O6S. The van der Waals surface area contributed by atoms with Crippen molar-refractivity contribution in [3.05, 3.63) is 27.0 Å². The maximum atomic E-state index is 12.0. The normalized spacial score (nSPS) is 13.2. The summed E-state index contributed by atoms with van der Waals surface area (Å²) in [5.74, 6) is -1.35. The molecule has 0 spiro atoms. The molecule has 1 heterocycles. The number of aromatic nitrogens is 2. The zero-order valence-electron chi connectivity index (χ0n) is 11.2. The molecule has 0 radical (unpaired) electrons. The Kier molecular flexibility index (Phi) is 4.50. The number of rotatable bonds is 5. The molecule has 0 aromatic carbocycles. The minimum atomic E-state index is -4.33. The van der Waals surface area contributed by atoms with Crippen LogP contribution in [0.2, 0.25) is 0 Å². The summed E-state index contributed by atoms with van der Waals surface area (Å²) in [6.07, 6.45) is 0.877. The highest BCUT2D eigenvalue weighted by molar-refractivity contribution is 7.89. The van der Waals surface area contributed by atoms with Crippen molar-refractivity contribution in [1.82, 2.24) is 13.9 Å². The Morgan fingerprint density at radius 3 is 2.40 bits per heavy atom. The third-order valence-electron chi connectivity index (χ3n) is 2.71. The highest BCUT2D eigenvalue weighted by atomic mass is 32.2. The summed E-state index contributed by atoms with van der Waals surface area (Å²) in [4.78, 5) is 33.5. The lowest BCUT2D eigenvalue weighted by atomic mass is 10.2. The van der Waals surface area contributed by atoms with Crippen molar-refractivity contribution in [2.45, 2.75) is 24.3 Å². The SMILES string of the molecule is CC[C@@H](NS(=O)(=O)c1cn(C)c(=O)n(C)c1=O)C(=O)O. The predicted molar refractivity (Wildman–Crippen MR) is 69.0 cm³/mol. The van der Waals surface area contributed by atoms with Gasteiger partial charge in [-0.25, -0.2) is 13.2 Å². The molecule has 0 aliphatic rings. The molecule has 1 aromatic rings. The summed E-state index contributed by atoms with van der Waals surface area (Å²) in [7, 11) is -1.91. The summed E-state index contributed by atoms with van der Waals surface area (Å²) >= 11 is 0. The summed E-state index contributed by atoms with van der Waals surface area (Å²) in [5, 5.41) is 8.84. The van der Waals surface area contributed by atoms with E-state index in [1.54, 1.807) is 0 Å². The van der Waals surface area contributed by atoms with Crippen LogP contribution >= 0.6 is 0 Å². The first-order valence-corrected chi connectivity index (χ1v) is 7.12. The van der Waals surface area contributed by atoms with Gasteiger partial charge in [-0.3, -0.25) is 14.2 Å². The van der Waals surface area contributed by atoms with E-state index in [2.05, 4.69) is 0 Å². The fraction of sp³-hybridized carbons (Fsp3) is 0.500. The van der Waals surface area contributed by atoms with Crippen LogP contribution in [0.4, 0.5) is 0 Å². The van der Waals surface area contributed by atoms with Gasteiger partial charge in [-0.2, -0.15) is 4.72 Å². The van der Waals surface area contributed by atoms with E-state index < -0.39 is 38.2 Å². The van der Waals surface area contributed by atoms with Gasteiger partial charge < -0.3 is 9.67 Å². The molecule has 0 bridgehead atoms. The van der Waals surface area contributed by atoms with Crippen LogP contribution in [0.25, 0.3) is 0 Å². The van der Waals surface area contributed by atoms with E-state index in [9.17, 15) is 22.8 Å². The van der Waals surface area contributed by atoms with Crippen LogP contribution < -0.4 is 16.0 Å². The average Bonchev–Trinajstić information content (AvgIpc) is 2.37. The quantitative estimate of drug-likeness (QED) is 0.662. The molecule has 112 valence electrons. The first kappa shape index (κ1) is 16.1. The van der Waals surface area contributed by atoms with Gasteiger partial charge in [0.15, 0.2) is 4.90 Å². The molecule has 0 fully saturated rings. The second-order valence-electron chi connectivity index (χ2n) is 4.17. The standard InChI is InChI=1S/C10H15N3O6S/c1-4-6(9(15)16)11-20(18,19)7-5-12(2)10(17)13(3)8(7)14/h5-6,11H,4H2,1-3H3,(H,15,16)/t6-/m1/s1. The Balaban J connectivity index is 3.41. The van der Waals surface area contributed by atoms with E-state index >= 15 is 0 Å². The van der Waals surface area contributed by atoms with Crippen LogP contribution in [-0.4, -0.2) is 34.7 Å². The van der Waals surface area contributed by atoms with Gasteiger partial charge in [0.2, 0.25) is 10.0 Å². The van der Waals surface area contributed by atoms with Gasteiger partial charge in [0, 0.05) is 20.3 Å². The summed E-state index contributed by atoms with van der Waals surface area (Å²) in [5.41, 5.74) is -1.69. The molecule has 0 saturated carbocycles. The van der Waals surface area contributed by atoms with Gasteiger partial charge in [0.05, 0.1) is 0 Å². The molecule has 0 amide bonds. The van der Waals surface area contributed by atoms with E-state index in [0.717, 1.165) is 17.8 Å². The van der Waals surface area contributed by atoms with Crippen molar-refractivity contribution in [2.24, 2.45) is 14.1 Å². The van der Waals surface area contributed by atoms with Gasteiger partial charge in [-0.15, -0.1) is 0 Å². The second-order valence-corrected chi connectivity index (χ2v) is 5.85. The molecule has 0 aliphatic heterocycles. The molecule has 10 heteroatoms. The highest BCUT2D eigenvalue weighted by Gasteiger charge is 2.27. The largest absolute Gasteiger partial charge is 0.480 e. The maximum absolute atomic E-state index is 12.0. The van der Waals surface area contributed by atoms with Crippen LogP contribution in [0, 0.1) is 0 Å². The van der Waals surface area contributed by atoms with Gasteiger partial charge in [0.1, 0.15) is 6.04 Å². The van der Waals surface area contributed by atoms with Crippen molar-refractivity contribution in [3.63, 3.8) is 0 Å². The van der Waals surface area contributed by atoms with E-state index in [1.807, 2.05) is 4.72 Å². The predicted octanol–water partition coefficient (Wildman–Crippen LogP) is -1.77. The van der Waals surface area contributed by atoms with E-state index in [0.29, 0.717) is 4.57 Å². The van der Waals surface area contributed by atoms with Gasteiger partial charge in [0.25, 0.3) is 5.56 Å². The Bertz CT molecular complexity index is 745. The molecule has 1 aromatic heterocycles. The molecule has 20 heavy (non-hydrogen) atoms. The Hall–Kier alpha value is -1.94. The number of hydrogen-bond acceptors (Lipinski definition) is 5. The summed E-state index contributed by atoms with van der Waals surface area (Å²) in [6, 6.07) is -1.35. The number of aryl methyl sites for hydroxylation is 1. The molecule has 0 aliphatic carbocycles. The van der Waals surface area contributed by atoms with Crippen LogP contribution in [0.1, 0.15) is 13.3 Å². The molecule has 0 unspecified atom stereocenters. The van der Waals surface area contributed by atoms with Crippen LogP contribution in [0.5, 0.6) is 0 Å². The van der Waals surface area contributed by atoms with Crippen LogP contribution in [0.15, 0.2) is 20.7 Å². The minimum Gasteiger partial charge on any atom is -0.480 e. The van der Waals surface area contributed by atoms with Gasteiger partial charge >= 0.3 is 11.7 Å². The van der Waals surface area contributed by atoms with Gasteiger partial charge in [-0.1, -0.05) is 6.92 Å². The zero-order valence-corrected chi connectivity index (χ0v) is 12.0. The molecular weight excluding hydrogens is 290 g/mol. The number of nitrogens with one attached hydrogen (secondary N) is 1. The monoisotopic (exact) mass is 305 g/mol. The van der Waals surface area contributed by atoms with Crippen LogP contribution in [0.3, 0.4) is 0 Å². The molecule has 1 rings (SSSR count). The smallest absolute Gasteiger partial charge is 0.330 e. The Morgan fingerprint density at radius 2 is 1.95 bits per heavy atom. The summed E-state index contributed by atoms with van der Waals surface area (Å²) < 4.78 is 27.6. The third kappa shape index (κ3) is 2.96. The van der Waals surface area contributed by atoms with E-state index in [-0.39, 0.29) is 6.42 Å². The average molecular weight is 305 g/mol.